The maximum absolute atomic E-state index is 13.0. The number of aliphatic hydroxyl groups is 1. The van der Waals surface area contributed by atoms with E-state index < -0.39 is 97.5 Å². The molecular weight excluding hydrogens is 1200 g/mol. The summed E-state index contributed by atoms with van der Waals surface area (Å²) in [5.41, 5.74) is 0. The first-order chi connectivity index (χ1) is 43.9. The third kappa shape index (κ3) is 65.1. The van der Waals surface area contributed by atoms with E-state index in [2.05, 4.69) is 41.5 Å². The maximum Gasteiger partial charge on any atom is 0.472 e. The molecule has 0 heterocycles. The van der Waals surface area contributed by atoms with Crippen molar-refractivity contribution in [2.75, 3.05) is 39.6 Å². The molecule has 540 valence electrons. The van der Waals surface area contributed by atoms with Gasteiger partial charge in [-0.3, -0.25) is 37.3 Å². The second kappa shape index (κ2) is 64.1. The van der Waals surface area contributed by atoms with Gasteiger partial charge in [-0.05, 0) is 37.5 Å². The molecule has 0 fully saturated rings. The summed E-state index contributed by atoms with van der Waals surface area (Å²) in [6.45, 7) is 9.58. The largest absolute Gasteiger partial charge is 0.472 e. The molecule has 17 nitrogen and oxygen atoms in total. The summed E-state index contributed by atoms with van der Waals surface area (Å²) >= 11 is 0. The fraction of sp³-hybridized carbons (Fsp3) is 0.944. The molecular formula is C72H140O17P2. The Labute approximate surface area is 556 Å². The van der Waals surface area contributed by atoms with Gasteiger partial charge in [0.25, 0.3) is 0 Å². The van der Waals surface area contributed by atoms with Gasteiger partial charge in [0.05, 0.1) is 26.4 Å². The topological polar surface area (TPSA) is 237 Å². The Bertz CT molecular complexity index is 1770. The van der Waals surface area contributed by atoms with E-state index in [1.807, 2.05) is 0 Å². The highest BCUT2D eigenvalue weighted by Crippen LogP contribution is 2.45. The van der Waals surface area contributed by atoms with Crippen LogP contribution in [0.3, 0.4) is 0 Å². The first-order valence-corrected chi connectivity index (χ1v) is 40.5. The van der Waals surface area contributed by atoms with Crippen LogP contribution in [0.4, 0.5) is 0 Å². The molecule has 19 heteroatoms. The molecule has 91 heavy (non-hydrogen) atoms. The summed E-state index contributed by atoms with van der Waals surface area (Å²) in [6.07, 6.45) is 49.7. The lowest BCUT2D eigenvalue weighted by Crippen LogP contribution is -2.30. The number of hydrogen-bond acceptors (Lipinski definition) is 15. The number of unbranched alkanes of at least 4 members (excludes halogenated alkanes) is 40. The fourth-order valence-corrected chi connectivity index (χ4v) is 12.5. The predicted molar refractivity (Wildman–Crippen MR) is 368 cm³/mol. The number of phosphoric ester groups is 2. The van der Waals surface area contributed by atoms with Gasteiger partial charge >= 0.3 is 39.5 Å². The van der Waals surface area contributed by atoms with Crippen LogP contribution in [-0.2, 0) is 65.4 Å². The Morgan fingerprint density at radius 2 is 0.560 bits per heavy atom. The highest BCUT2D eigenvalue weighted by molar-refractivity contribution is 7.47. The van der Waals surface area contributed by atoms with E-state index in [1.165, 1.54) is 186 Å². The number of esters is 4. The number of carbonyl (C=O) groups is 4. The van der Waals surface area contributed by atoms with Crippen LogP contribution >= 0.6 is 15.6 Å². The number of aliphatic hydroxyl groups excluding tert-OH is 1. The molecule has 0 aliphatic heterocycles. The third-order valence-corrected chi connectivity index (χ3v) is 19.0. The number of hydrogen-bond donors (Lipinski definition) is 3. The van der Waals surface area contributed by atoms with E-state index in [0.29, 0.717) is 25.7 Å². The Hall–Kier alpha value is -1.94. The second-order valence-corrected chi connectivity index (χ2v) is 29.6. The van der Waals surface area contributed by atoms with Gasteiger partial charge in [0, 0.05) is 25.7 Å². The normalized spacial score (nSPS) is 14.4. The van der Waals surface area contributed by atoms with Gasteiger partial charge in [0.1, 0.15) is 19.3 Å². The molecule has 0 spiro atoms. The number of rotatable bonds is 71. The van der Waals surface area contributed by atoms with E-state index in [0.717, 1.165) is 102 Å². The Balaban J connectivity index is 5.24. The predicted octanol–water partition coefficient (Wildman–Crippen LogP) is 20.8. The molecule has 0 saturated carbocycles. The smallest absolute Gasteiger partial charge is 0.462 e. The van der Waals surface area contributed by atoms with Crippen LogP contribution in [0.5, 0.6) is 0 Å². The van der Waals surface area contributed by atoms with Crippen molar-refractivity contribution in [3.05, 3.63) is 0 Å². The molecule has 6 atom stereocenters. The van der Waals surface area contributed by atoms with Gasteiger partial charge in [0.2, 0.25) is 0 Å². The Morgan fingerprint density at radius 3 is 0.835 bits per heavy atom. The second-order valence-electron chi connectivity index (χ2n) is 26.7. The zero-order chi connectivity index (χ0) is 67.2. The van der Waals surface area contributed by atoms with Crippen molar-refractivity contribution in [2.24, 2.45) is 11.8 Å². The van der Waals surface area contributed by atoms with Crippen molar-refractivity contribution in [1.29, 1.82) is 0 Å². The van der Waals surface area contributed by atoms with Crippen LogP contribution < -0.4 is 0 Å². The van der Waals surface area contributed by atoms with E-state index >= 15 is 0 Å². The van der Waals surface area contributed by atoms with Crippen molar-refractivity contribution in [2.45, 2.75) is 387 Å². The molecule has 0 aliphatic carbocycles. The summed E-state index contributed by atoms with van der Waals surface area (Å²) in [5, 5.41) is 10.6. The minimum atomic E-state index is -4.95. The maximum atomic E-state index is 13.0. The molecule has 0 aromatic carbocycles. The summed E-state index contributed by atoms with van der Waals surface area (Å²) in [7, 11) is -9.90. The lowest BCUT2D eigenvalue weighted by Gasteiger charge is -2.21. The van der Waals surface area contributed by atoms with E-state index in [9.17, 15) is 43.2 Å². The van der Waals surface area contributed by atoms with Gasteiger partial charge < -0.3 is 33.8 Å². The van der Waals surface area contributed by atoms with E-state index in [4.69, 9.17) is 37.0 Å². The highest BCUT2D eigenvalue weighted by atomic mass is 31.2. The summed E-state index contributed by atoms with van der Waals surface area (Å²) in [4.78, 5) is 72.6. The quantitative estimate of drug-likeness (QED) is 0.0222. The summed E-state index contributed by atoms with van der Waals surface area (Å²) < 4.78 is 68.4. The van der Waals surface area contributed by atoms with Gasteiger partial charge in [-0.25, -0.2) is 9.13 Å². The van der Waals surface area contributed by atoms with E-state index in [1.54, 1.807) is 0 Å². The van der Waals surface area contributed by atoms with Gasteiger partial charge in [-0.2, -0.15) is 0 Å². The standard InChI is InChI=1S/C72H140O17P2/c1-7-10-12-14-16-18-24-29-36-42-48-54-69(74)82-60-67(88-71(76)56-50-44-38-30-25-19-17-15-13-11-8-2)62-86-90(78,79)84-58-66(73)59-85-91(80,81)87-63-68(61-83-70(75)55-49-43-37-33-32-35-41-47-53-65(6)9-3)89-72(77)57-51-45-39-31-27-23-21-20-22-26-28-34-40-46-52-64(4)5/h64-68,73H,7-63H2,1-6H3,(H,78,79)(H,80,81)/t65?,66-,67+,68+/m0/s1. The van der Waals surface area contributed by atoms with Gasteiger partial charge in [-0.15, -0.1) is 0 Å². The first-order valence-electron chi connectivity index (χ1n) is 37.5. The lowest BCUT2D eigenvalue weighted by atomic mass is 9.99. The molecule has 0 radical (unpaired) electrons. The van der Waals surface area contributed by atoms with Crippen molar-refractivity contribution in [3.63, 3.8) is 0 Å². The lowest BCUT2D eigenvalue weighted by molar-refractivity contribution is -0.161. The molecule has 3 unspecified atom stereocenters. The fourth-order valence-electron chi connectivity index (χ4n) is 10.9. The zero-order valence-electron chi connectivity index (χ0n) is 59.1. The monoisotopic (exact) mass is 1340 g/mol. The number of carbonyl (C=O) groups excluding carboxylic acids is 4. The average Bonchev–Trinajstić information content (AvgIpc) is 3.45. The van der Waals surface area contributed by atoms with Gasteiger partial charge in [0.15, 0.2) is 12.2 Å². The van der Waals surface area contributed by atoms with Crippen LogP contribution in [0.2, 0.25) is 0 Å². The molecule has 3 N–H and O–H groups in total. The first kappa shape index (κ1) is 89.1. The molecule has 0 bridgehead atoms. The molecule has 0 aliphatic rings. The van der Waals surface area contributed by atoms with E-state index in [-0.39, 0.29) is 25.7 Å². The van der Waals surface area contributed by atoms with Crippen LogP contribution in [0, 0.1) is 11.8 Å². The molecule has 0 aromatic heterocycles. The van der Waals surface area contributed by atoms with Crippen LogP contribution in [0.1, 0.15) is 369 Å². The van der Waals surface area contributed by atoms with Crippen molar-refractivity contribution in [1.82, 2.24) is 0 Å². The van der Waals surface area contributed by atoms with Crippen molar-refractivity contribution < 1.29 is 80.2 Å². The molecule has 0 amide bonds. The number of ether oxygens (including phenoxy) is 4. The van der Waals surface area contributed by atoms with Crippen LogP contribution in [-0.4, -0.2) is 96.7 Å². The highest BCUT2D eigenvalue weighted by Gasteiger charge is 2.30. The number of phosphoric acid groups is 2. The molecule has 0 saturated heterocycles. The molecule has 0 aromatic rings. The van der Waals surface area contributed by atoms with Crippen molar-refractivity contribution in [3.8, 4) is 0 Å². The zero-order valence-corrected chi connectivity index (χ0v) is 60.9. The van der Waals surface area contributed by atoms with Gasteiger partial charge in [-0.1, -0.05) is 318 Å². The summed E-state index contributed by atoms with van der Waals surface area (Å²) in [5.74, 6) is -0.547. The average molecular weight is 1340 g/mol. The van der Waals surface area contributed by atoms with Crippen LogP contribution in [0.25, 0.3) is 0 Å². The van der Waals surface area contributed by atoms with Crippen LogP contribution in [0.15, 0.2) is 0 Å². The Kier molecular flexibility index (Phi) is 62.7. The van der Waals surface area contributed by atoms with Crippen molar-refractivity contribution >= 4 is 39.5 Å². The SMILES string of the molecule is CCCCCCCCCCCCCC(=O)OC[C@H](COP(=O)(O)OC[C@H](O)COP(=O)(O)OC[C@@H](COC(=O)CCCCCCCCCCC(C)CC)OC(=O)CCCCCCCCCCCCCCCCC(C)C)OC(=O)CCCCCCCCCCCCC. The minimum Gasteiger partial charge on any atom is -0.462 e. The summed E-state index contributed by atoms with van der Waals surface area (Å²) in [6, 6.07) is 0. The third-order valence-electron chi connectivity index (χ3n) is 17.1. The Morgan fingerprint density at radius 1 is 0.319 bits per heavy atom. The molecule has 0 rings (SSSR count). The minimum absolute atomic E-state index is 0.107.